The van der Waals surface area contributed by atoms with E-state index in [2.05, 4.69) is 11.4 Å². The molecule has 3 fully saturated rings. The number of pyridine rings is 1. The monoisotopic (exact) mass is 382 g/mol. The third-order valence-electron chi connectivity index (χ3n) is 6.06. The number of nitrogens with one attached hydrogen (secondary N) is 1. The molecular formula is C20H19FN4O3. The van der Waals surface area contributed by atoms with Gasteiger partial charge >= 0.3 is 5.97 Å². The standard InChI is InChI=1S/C20H19FN4O3/c21-16-5-13-17(25(12-3-4-12)9-15(19(13)26)20(27)28)14(6-22)18(16)24-7-10-1-2-11(8-24)23-10/h5,9-12,23H,1-4,7-8H2,(H,27,28). The number of hydrogen-bond donors (Lipinski definition) is 2. The number of nitriles is 1. The zero-order valence-corrected chi connectivity index (χ0v) is 15.1. The highest BCUT2D eigenvalue weighted by Crippen LogP contribution is 2.40. The van der Waals surface area contributed by atoms with Crippen LogP contribution in [0.2, 0.25) is 0 Å². The molecule has 2 aliphatic heterocycles. The van der Waals surface area contributed by atoms with Crippen molar-refractivity contribution in [2.75, 3.05) is 18.0 Å². The fraction of sp³-hybridized carbons (Fsp3) is 0.450. The second-order valence-corrected chi connectivity index (χ2v) is 7.95. The number of aromatic carboxylic acids is 1. The molecule has 3 aliphatic rings. The Morgan fingerprint density at radius 1 is 1.25 bits per heavy atom. The van der Waals surface area contributed by atoms with Crippen molar-refractivity contribution >= 4 is 22.6 Å². The van der Waals surface area contributed by atoms with E-state index in [0.29, 0.717) is 18.6 Å². The summed E-state index contributed by atoms with van der Waals surface area (Å²) >= 11 is 0. The Morgan fingerprint density at radius 2 is 1.93 bits per heavy atom. The Morgan fingerprint density at radius 3 is 2.50 bits per heavy atom. The first-order valence-electron chi connectivity index (χ1n) is 9.53. The van der Waals surface area contributed by atoms with Crippen LogP contribution in [0.25, 0.3) is 10.9 Å². The third-order valence-corrected chi connectivity index (χ3v) is 6.06. The van der Waals surface area contributed by atoms with Gasteiger partial charge in [0.1, 0.15) is 23.0 Å². The fourth-order valence-electron chi connectivity index (χ4n) is 4.67. The van der Waals surface area contributed by atoms with Gasteiger partial charge in [0.2, 0.25) is 5.43 Å². The largest absolute Gasteiger partial charge is 0.477 e. The molecule has 144 valence electrons. The lowest BCUT2D eigenvalue weighted by Crippen LogP contribution is -2.51. The second kappa shape index (κ2) is 6.04. The van der Waals surface area contributed by atoms with Crippen molar-refractivity contribution < 1.29 is 14.3 Å². The van der Waals surface area contributed by atoms with Crippen LogP contribution in [0.15, 0.2) is 17.1 Å². The number of nitrogens with zero attached hydrogens (tertiary/aromatic N) is 3. The van der Waals surface area contributed by atoms with Crippen LogP contribution in [0.1, 0.15) is 47.6 Å². The zero-order valence-electron chi connectivity index (χ0n) is 15.1. The number of piperazine rings is 1. The van der Waals surface area contributed by atoms with Crippen molar-refractivity contribution in [2.24, 2.45) is 0 Å². The van der Waals surface area contributed by atoms with Gasteiger partial charge in [-0.05, 0) is 31.7 Å². The Bertz CT molecular complexity index is 1100. The summed E-state index contributed by atoms with van der Waals surface area (Å²) in [5.41, 5.74) is -0.442. The average molecular weight is 382 g/mol. The van der Waals surface area contributed by atoms with Crippen LogP contribution in [0.3, 0.4) is 0 Å². The summed E-state index contributed by atoms with van der Waals surface area (Å²) in [4.78, 5) is 26.1. The summed E-state index contributed by atoms with van der Waals surface area (Å²) in [7, 11) is 0. The molecule has 1 saturated carbocycles. The summed E-state index contributed by atoms with van der Waals surface area (Å²) in [6.07, 6.45) is 5.04. The van der Waals surface area contributed by atoms with Crippen LogP contribution in [-0.2, 0) is 0 Å². The van der Waals surface area contributed by atoms with Crippen molar-refractivity contribution in [1.29, 1.82) is 5.26 Å². The lowest BCUT2D eigenvalue weighted by molar-refractivity contribution is 0.0695. The van der Waals surface area contributed by atoms with E-state index in [1.165, 1.54) is 6.20 Å². The molecule has 0 radical (unpaired) electrons. The minimum atomic E-state index is -1.34. The van der Waals surface area contributed by atoms with Crippen molar-refractivity contribution in [3.05, 3.63) is 39.4 Å². The maximum atomic E-state index is 15.2. The van der Waals surface area contributed by atoms with E-state index in [9.17, 15) is 20.0 Å². The Labute approximate surface area is 160 Å². The highest BCUT2D eigenvalue weighted by molar-refractivity contribution is 5.96. The summed E-state index contributed by atoms with van der Waals surface area (Å²) < 4.78 is 16.9. The second-order valence-electron chi connectivity index (χ2n) is 7.95. The van der Waals surface area contributed by atoms with E-state index < -0.39 is 22.8 Å². The Kier molecular flexibility index (Phi) is 3.71. The maximum absolute atomic E-state index is 15.2. The van der Waals surface area contributed by atoms with Gasteiger partial charge in [-0.3, -0.25) is 4.79 Å². The first-order valence-corrected chi connectivity index (χ1v) is 9.53. The molecule has 2 bridgehead atoms. The summed E-state index contributed by atoms with van der Waals surface area (Å²) in [6.45, 7) is 1.21. The van der Waals surface area contributed by atoms with Gasteiger partial charge < -0.3 is 19.9 Å². The molecule has 2 N–H and O–H groups in total. The van der Waals surface area contributed by atoms with Gasteiger partial charge in [-0.25, -0.2) is 9.18 Å². The fourth-order valence-corrected chi connectivity index (χ4v) is 4.67. The van der Waals surface area contributed by atoms with Gasteiger partial charge in [0.25, 0.3) is 0 Å². The lowest BCUT2D eigenvalue weighted by atomic mass is 10.0. The molecule has 8 heteroatoms. The SMILES string of the molecule is N#Cc1c(N2CC3CCC(C2)N3)c(F)cc2c(=O)c(C(=O)O)cn(C3CC3)c12. The van der Waals surface area contributed by atoms with Crippen molar-refractivity contribution in [2.45, 2.75) is 43.8 Å². The van der Waals surface area contributed by atoms with E-state index in [-0.39, 0.29) is 34.8 Å². The minimum absolute atomic E-state index is 0.0332. The summed E-state index contributed by atoms with van der Waals surface area (Å²) in [5, 5.41) is 22.8. The van der Waals surface area contributed by atoms with E-state index in [4.69, 9.17) is 0 Å². The van der Waals surface area contributed by atoms with Crippen LogP contribution in [0.4, 0.5) is 10.1 Å². The number of benzene rings is 1. The Hall–Kier alpha value is -2.92. The van der Waals surface area contributed by atoms with Crippen molar-refractivity contribution in [1.82, 2.24) is 9.88 Å². The molecule has 28 heavy (non-hydrogen) atoms. The van der Waals surface area contributed by atoms with Crippen LogP contribution in [0.5, 0.6) is 0 Å². The number of carbonyl (C=O) groups is 1. The molecule has 1 aromatic heterocycles. The number of carboxylic acid groups (broad SMARTS) is 1. The topological polar surface area (TPSA) is 98.4 Å². The highest BCUT2D eigenvalue weighted by atomic mass is 19.1. The number of carboxylic acids is 1. The molecule has 1 aromatic carbocycles. The number of rotatable bonds is 3. The normalized spacial score (nSPS) is 23.8. The summed E-state index contributed by atoms with van der Waals surface area (Å²) in [6, 6.07) is 3.79. The van der Waals surface area contributed by atoms with Crippen LogP contribution in [0, 0.1) is 17.1 Å². The first kappa shape index (κ1) is 17.2. The smallest absolute Gasteiger partial charge is 0.341 e. The number of fused-ring (bicyclic) bond motifs is 3. The zero-order chi connectivity index (χ0) is 19.6. The number of anilines is 1. The van der Waals surface area contributed by atoms with Gasteiger partial charge in [0, 0.05) is 37.4 Å². The molecule has 2 saturated heterocycles. The summed E-state index contributed by atoms with van der Waals surface area (Å²) in [5.74, 6) is -1.99. The lowest BCUT2D eigenvalue weighted by Gasteiger charge is -2.35. The van der Waals surface area contributed by atoms with E-state index >= 15 is 4.39 Å². The molecule has 0 spiro atoms. The van der Waals surface area contributed by atoms with Crippen molar-refractivity contribution in [3.8, 4) is 6.07 Å². The predicted molar refractivity (Wildman–Crippen MR) is 100 cm³/mol. The van der Waals surface area contributed by atoms with E-state index in [0.717, 1.165) is 31.7 Å². The van der Waals surface area contributed by atoms with Gasteiger partial charge in [0.05, 0.1) is 16.6 Å². The minimum Gasteiger partial charge on any atom is -0.477 e. The Balaban J connectivity index is 1.79. The quantitative estimate of drug-likeness (QED) is 0.842. The molecule has 2 aromatic rings. The van der Waals surface area contributed by atoms with Gasteiger partial charge in [-0.1, -0.05) is 0 Å². The van der Waals surface area contributed by atoms with Gasteiger partial charge in [-0.15, -0.1) is 0 Å². The van der Waals surface area contributed by atoms with Crippen LogP contribution >= 0.6 is 0 Å². The average Bonchev–Trinajstić information content (AvgIpc) is 3.45. The van der Waals surface area contributed by atoms with Crippen LogP contribution in [-0.4, -0.2) is 40.8 Å². The molecular weight excluding hydrogens is 363 g/mol. The third kappa shape index (κ3) is 2.50. The van der Waals surface area contributed by atoms with Gasteiger partial charge in [0.15, 0.2) is 0 Å². The first-order chi connectivity index (χ1) is 13.5. The van der Waals surface area contributed by atoms with E-state index in [1.807, 2.05) is 4.90 Å². The molecule has 5 rings (SSSR count). The van der Waals surface area contributed by atoms with Crippen LogP contribution < -0.4 is 15.6 Å². The highest BCUT2D eigenvalue weighted by Gasteiger charge is 2.36. The molecule has 7 nitrogen and oxygen atoms in total. The predicted octanol–water partition coefficient (Wildman–Crippen LogP) is 1.99. The van der Waals surface area contributed by atoms with Gasteiger partial charge in [-0.2, -0.15) is 5.26 Å². The number of hydrogen-bond acceptors (Lipinski definition) is 5. The molecule has 3 heterocycles. The van der Waals surface area contributed by atoms with E-state index in [1.54, 1.807) is 4.57 Å². The maximum Gasteiger partial charge on any atom is 0.341 e. The number of halogens is 1. The molecule has 2 unspecified atom stereocenters. The number of aromatic nitrogens is 1. The molecule has 1 aliphatic carbocycles. The van der Waals surface area contributed by atoms with Crippen molar-refractivity contribution in [3.63, 3.8) is 0 Å². The molecule has 0 amide bonds. The molecule has 2 atom stereocenters.